The highest BCUT2D eigenvalue weighted by atomic mass is 32.1. The zero-order valence-electron chi connectivity index (χ0n) is 12.0. The number of hydrogen-bond donors (Lipinski definition) is 2. The number of aromatic nitrogens is 2. The van der Waals surface area contributed by atoms with Crippen LogP contribution in [-0.4, -0.2) is 34.1 Å². The van der Waals surface area contributed by atoms with Crippen molar-refractivity contribution in [2.75, 3.05) is 13.1 Å². The summed E-state index contributed by atoms with van der Waals surface area (Å²) in [5.74, 6) is -0.0377. The Labute approximate surface area is 118 Å². The van der Waals surface area contributed by atoms with Crippen molar-refractivity contribution in [1.29, 1.82) is 0 Å². The van der Waals surface area contributed by atoms with Crippen molar-refractivity contribution >= 4 is 17.4 Å². The number of rotatable bonds is 2. The number of amides is 1. The summed E-state index contributed by atoms with van der Waals surface area (Å²) in [6.07, 6.45) is 1.91. The Morgan fingerprint density at radius 3 is 2.58 bits per heavy atom. The fourth-order valence-electron chi connectivity index (χ4n) is 2.26. The van der Waals surface area contributed by atoms with Crippen LogP contribution in [0.25, 0.3) is 0 Å². The second kappa shape index (κ2) is 5.17. The molecule has 1 fully saturated rings. The van der Waals surface area contributed by atoms with Crippen molar-refractivity contribution in [3.8, 4) is 0 Å². The summed E-state index contributed by atoms with van der Waals surface area (Å²) in [5.41, 5.74) is 0.503. The molecule has 0 radical (unpaired) electrons. The minimum absolute atomic E-state index is 0.0377. The molecule has 1 aliphatic rings. The lowest BCUT2D eigenvalue weighted by atomic mass is 9.89. The van der Waals surface area contributed by atoms with Gasteiger partial charge in [-0.1, -0.05) is 25.3 Å². The van der Waals surface area contributed by atoms with E-state index in [0.29, 0.717) is 4.88 Å². The zero-order chi connectivity index (χ0) is 14.1. The number of carbonyl (C=O) groups excluding carboxylic acids is 1. The minimum Gasteiger partial charge on any atom is -0.346 e. The standard InChI is InChI=1S/C13H22N4OS/c1-12(2,3)10-9(19-17-16-10)11(18)15-13(4)5-7-14-8-6-13/h14H,5-8H2,1-4H3,(H,15,18). The van der Waals surface area contributed by atoms with Gasteiger partial charge in [-0.2, -0.15) is 0 Å². The van der Waals surface area contributed by atoms with E-state index in [9.17, 15) is 4.79 Å². The molecule has 0 spiro atoms. The highest BCUT2D eigenvalue weighted by molar-refractivity contribution is 7.08. The average Bonchev–Trinajstić information content (AvgIpc) is 2.77. The molecule has 1 amide bonds. The molecule has 1 saturated heterocycles. The van der Waals surface area contributed by atoms with Gasteiger partial charge < -0.3 is 10.6 Å². The Bertz CT molecular complexity index is 457. The minimum atomic E-state index is -0.158. The van der Waals surface area contributed by atoms with E-state index in [1.807, 2.05) is 20.8 Å². The maximum atomic E-state index is 12.4. The number of hydrogen-bond acceptors (Lipinski definition) is 5. The third-order valence-corrected chi connectivity index (χ3v) is 4.25. The maximum absolute atomic E-state index is 12.4. The Morgan fingerprint density at radius 1 is 1.37 bits per heavy atom. The van der Waals surface area contributed by atoms with Gasteiger partial charge in [0.2, 0.25) is 0 Å². The predicted octanol–water partition coefficient (Wildman–Crippen LogP) is 1.71. The van der Waals surface area contributed by atoms with Gasteiger partial charge in [-0.15, -0.1) is 5.10 Å². The molecule has 1 aromatic heterocycles. The molecule has 1 aliphatic heterocycles. The van der Waals surface area contributed by atoms with Gasteiger partial charge in [0, 0.05) is 11.0 Å². The van der Waals surface area contributed by atoms with Crippen molar-refractivity contribution in [3.05, 3.63) is 10.6 Å². The molecule has 0 saturated carbocycles. The van der Waals surface area contributed by atoms with Gasteiger partial charge in [-0.25, -0.2) is 0 Å². The molecule has 0 aromatic carbocycles. The second-order valence-electron chi connectivity index (χ2n) is 6.47. The maximum Gasteiger partial charge on any atom is 0.265 e. The molecule has 2 rings (SSSR count). The molecular weight excluding hydrogens is 260 g/mol. The highest BCUT2D eigenvalue weighted by Crippen LogP contribution is 2.27. The number of carbonyl (C=O) groups is 1. The van der Waals surface area contributed by atoms with E-state index in [0.717, 1.165) is 31.6 Å². The van der Waals surface area contributed by atoms with E-state index >= 15 is 0 Å². The number of nitrogens with zero attached hydrogens (tertiary/aromatic N) is 2. The van der Waals surface area contributed by atoms with E-state index in [1.165, 1.54) is 11.5 Å². The molecule has 1 aromatic rings. The van der Waals surface area contributed by atoms with Crippen LogP contribution in [0.5, 0.6) is 0 Å². The van der Waals surface area contributed by atoms with Crippen LogP contribution < -0.4 is 10.6 Å². The SMILES string of the molecule is CC1(NC(=O)c2snnc2C(C)(C)C)CCNCC1. The fourth-order valence-corrected chi connectivity index (χ4v) is 3.04. The third-order valence-electron chi connectivity index (χ3n) is 3.53. The third kappa shape index (κ3) is 3.30. The molecule has 106 valence electrons. The molecule has 0 unspecified atom stereocenters. The van der Waals surface area contributed by atoms with Crippen LogP contribution in [0.2, 0.25) is 0 Å². The Balaban J connectivity index is 2.14. The molecular formula is C13H22N4OS. The normalized spacial score (nSPS) is 19.2. The lowest BCUT2D eigenvalue weighted by Gasteiger charge is -2.35. The molecule has 19 heavy (non-hydrogen) atoms. The van der Waals surface area contributed by atoms with Gasteiger partial charge in [0.15, 0.2) is 0 Å². The van der Waals surface area contributed by atoms with Crippen molar-refractivity contribution in [3.63, 3.8) is 0 Å². The second-order valence-corrected chi connectivity index (χ2v) is 7.22. The van der Waals surface area contributed by atoms with Crippen LogP contribution in [0, 0.1) is 0 Å². The van der Waals surface area contributed by atoms with Crippen LogP contribution in [0.4, 0.5) is 0 Å². The lowest BCUT2D eigenvalue weighted by Crippen LogP contribution is -2.52. The van der Waals surface area contributed by atoms with E-state index in [-0.39, 0.29) is 16.9 Å². The lowest BCUT2D eigenvalue weighted by molar-refractivity contribution is 0.0889. The predicted molar refractivity (Wildman–Crippen MR) is 76.6 cm³/mol. The molecule has 0 atom stereocenters. The largest absolute Gasteiger partial charge is 0.346 e. The molecule has 0 aliphatic carbocycles. The number of nitrogens with one attached hydrogen (secondary N) is 2. The van der Waals surface area contributed by atoms with Gasteiger partial charge in [0.25, 0.3) is 5.91 Å². The Kier molecular flexibility index (Phi) is 3.92. The first-order valence-corrected chi connectivity index (χ1v) is 7.45. The van der Waals surface area contributed by atoms with E-state index in [1.54, 1.807) is 0 Å². The first-order valence-electron chi connectivity index (χ1n) is 6.68. The van der Waals surface area contributed by atoms with Crippen molar-refractivity contribution in [2.45, 2.75) is 51.5 Å². The first-order chi connectivity index (χ1) is 8.82. The average molecular weight is 282 g/mol. The van der Waals surface area contributed by atoms with Crippen LogP contribution in [0.1, 0.15) is 55.9 Å². The Hall–Kier alpha value is -1.01. The molecule has 2 heterocycles. The smallest absolute Gasteiger partial charge is 0.265 e. The van der Waals surface area contributed by atoms with Crippen LogP contribution in [-0.2, 0) is 5.41 Å². The summed E-state index contributed by atoms with van der Waals surface area (Å²) < 4.78 is 3.94. The summed E-state index contributed by atoms with van der Waals surface area (Å²) in [4.78, 5) is 13.1. The number of piperidine rings is 1. The summed E-state index contributed by atoms with van der Waals surface area (Å²) >= 11 is 1.18. The van der Waals surface area contributed by atoms with Gasteiger partial charge in [0.1, 0.15) is 4.88 Å². The highest BCUT2D eigenvalue weighted by Gasteiger charge is 2.32. The Morgan fingerprint density at radius 2 is 2.00 bits per heavy atom. The van der Waals surface area contributed by atoms with Gasteiger partial charge in [0.05, 0.1) is 5.69 Å². The molecule has 0 bridgehead atoms. The van der Waals surface area contributed by atoms with E-state index in [2.05, 4.69) is 27.1 Å². The van der Waals surface area contributed by atoms with Crippen molar-refractivity contribution in [1.82, 2.24) is 20.2 Å². The molecule has 5 nitrogen and oxygen atoms in total. The van der Waals surface area contributed by atoms with Gasteiger partial charge in [-0.3, -0.25) is 4.79 Å². The van der Waals surface area contributed by atoms with E-state index in [4.69, 9.17) is 0 Å². The topological polar surface area (TPSA) is 66.9 Å². The fraction of sp³-hybridized carbons (Fsp3) is 0.769. The van der Waals surface area contributed by atoms with Gasteiger partial charge >= 0.3 is 0 Å². The molecule has 6 heteroatoms. The van der Waals surface area contributed by atoms with Crippen molar-refractivity contribution in [2.24, 2.45) is 0 Å². The van der Waals surface area contributed by atoms with Crippen LogP contribution >= 0.6 is 11.5 Å². The summed E-state index contributed by atoms with van der Waals surface area (Å²) in [7, 11) is 0. The van der Waals surface area contributed by atoms with Crippen LogP contribution in [0.15, 0.2) is 0 Å². The molecule has 2 N–H and O–H groups in total. The van der Waals surface area contributed by atoms with Gasteiger partial charge in [-0.05, 0) is 44.4 Å². The quantitative estimate of drug-likeness (QED) is 0.866. The monoisotopic (exact) mass is 282 g/mol. The first kappa shape index (κ1) is 14.4. The summed E-state index contributed by atoms with van der Waals surface area (Å²) in [6, 6.07) is 0. The summed E-state index contributed by atoms with van der Waals surface area (Å²) in [5, 5.41) is 10.6. The summed E-state index contributed by atoms with van der Waals surface area (Å²) in [6.45, 7) is 10.1. The van der Waals surface area contributed by atoms with Crippen molar-refractivity contribution < 1.29 is 4.79 Å². The van der Waals surface area contributed by atoms with E-state index < -0.39 is 0 Å². The van der Waals surface area contributed by atoms with Crippen LogP contribution in [0.3, 0.4) is 0 Å². The zero-order valence-corrected chi connectivity index (χ0v) is 12.9.